The summed E-state index contributed by atoms with van der Waals surface area (Å²) in [5.41, 5.74) is 3.25. The zero-order chi connectivity index (χ0) is 23.6. The normalized spacial score (nSPS) is 11.2. The SMILES string of the molecule is COc1ccc(CCNC(=NCC(=O)N(C)C)N(C)Cc2cnn(-c3ccccc3)c2)cc1. The summed E-state index contributed by atoms with van der Waals surface area (Å²) in [4.78, 5) is 20.2. The van der Waals surface area contributed by atoms with Crippen molar-refractivity contribution in [1.29, 1.82) is 0 Å². The molecule has 174 valence electrons. The van der Waals surface area contributed by atoms with Gasteiger partial charge in [0, 0.05) is 46.0 Å². The lowest BCUT2D eigenvalue weighted by Gasteiger charge is -2.22. The molecule has 0 spiro atoms. The van der Waals surface area contributed by atoms with Crippen LogP contribution in [0.3, 0.4) is 0 Å². The van der Waals surface area contributed by atoms with Gasteiger partial charge in [0.2, 0.25) is 5.91 Å². The first-order valence-electron chi connectivity index (χ1n) is 10.9. The number of methoxy groups -OCH3 is 1. The molecule has 3 rings (SSSR count). The number of guanidine groups is 1. The number of nitrogens with one attached hydrogen (secondary N) is 1. The van der Waals surface area contributed by atoms with Crippen molar-refractivity contribution in [2.24, 2.45) is 4.99 Å². The number of carbonyl (C=O) groups excluding carboxylic acids is 1. The molecule has 0 radical (unpaired) electrons. The minimum absolute atomic E-state index is 0.0465. The topological polar surface area (TPSA) is 75.0 Å². The van der Waals surface area contributed by atoms with Crippen LogP contribution in [0.15, 0.2) is 72.0 Å². The minimum atomic E-state index is -0.0465. The number of carbonyl (C=O) groups is 1. The van der Waals surface area contributed by atoms with Gasteiger partial charge in [0.05, 0.1) is 19.0 Å². The molecule has 0 saturated carbocycles. The molecule has 3 aromatic rings. The molecule has 0 fully saturated rings. The fourth-order valence-electron chi connectivity index (χ4n) is 3.22. The number of rotatable bonds is 9. The number of benzene rings is 2. The second kappa shape index (κ2) is 11.7. The van der Waals surface area contributed by atoms with Crippen molar-refractivity contribution < 1.29 is 9.53 Å². The fraction of sp³-hybridized carbons (Fsp3) is 0.320. The van der Waals surface area contributed by atoms with Crippen LogP contribution < -0.4 is 10.1 Å². The van der Waals surface area contributed by atoms with Gasteiger partial charge in [0.15, 0.2) is 5.96 Å². The van der Waals surface area contributed by atoms with Crippen LogP contribution >= 0.6 is 0 Å². The smallest absolute Gasteiger partial charge is 0.243 e. The highest BCUT2D eigenvalue weighted by Gasteiger charge is 2.11. The number of hydrogen-bond acceptors (Lipinski definition) is 4. The van der Waals surface area contributed by atoms with E-state index in [2.05, 4.69) is 27.5 Å². The lowest BCUT2D eigenvalue weighted by atomic mass is 10.1. The average molecular weight is 449 g/mol. The van der Waals surface area contributed by atoms with Gasteiger partial charge in [-0.15, -0.1) is 0 Å². The standard InChI is InChI=1S/C25H32N6O2/c1-29(2)24(32)17-27-25(26-15-14-20-10-12-23(33-4)13-11-20)30(3)18-21-16-28-31(19-21)22-8-6-5-7-9-22/h5-13,16,19H,14-15,17-18H2,1-4H3,(H,26,27). The summed E-state index contributed by atoms with van der Waals surface area (Å²) in [6.07, 6.45) is 4.68. The molecule has 8 nitrogen and oxygen atoms in total. The summed E-state index contributed by atoms with van der Waals surface area (Å²) in [6.45, 7) is 1.39. The summed E-state index contributed by atoms with van der Waals surface area (Å²) in [6, 6.07) is 18.0. The van der Waals surface area contributed by atoms with Crippen LogP contribution in [0.25, 0.3) is 5.69 Å². The summed E-state index contributed by atoms with van der Waals surface area (Å²) in [5.74, 6) is 1.47. The maximum atomic E-state index is 12.1. The fourth-order valence-corrected chi connectivity index (χ4v) is 3.22. The molecule has 33 heavy (non-hydrogen) atoms. The van der Waals surface area contributed by atoms with Crippen LogP contribution in [0, 0.1) is 0 Å². The molecular weight excluding hydrogens is 416 g/mol. The second-order valence-electron chi connectivity index (χ2n) is 7.94. The molecule has 8 heteroatoms. The van der Waals surface area contributed by atoms with E-state index in [9.17, 15) is 4.79 Å². The molecule has 0 atom stereocenters. The monoisotopic (exact) mass is 448 g/mol. The zero-order valence-corrected chi connectivity index (χ0v) is 19.7. The first-order valence-corrected chi connectivity index (χ1v) is 10.9. The molecule has 0 saturated heterocycles. The van der Waals surface area contributed by atoms with Gasteiger partial charge in [-0.2, -0.15) is 5.10 Å². The number of amides is 1. The molecule has 1 heterocycles. The van der Waals surface area contributed by atoms with Crippen molar-refractivity contribution in [2.45, 2.75) is 13.0 Å². The average Bonchev–Trinajstić information content (AvgIpc) is 3.30. The molecule has 0 aliphatic carbocycles. The number of hydrogen-bond donors (Lipinski definition) is 1. The summed E-state index contributed by atoms with van der Waals surface area (Å²) in [5, 5.41) is 7.87. The third-order valence-electron chi connectivity index (χ3n) is 5.16. The van der Waals surface area contributed by atoms with Crippen LogP contribution in [-0.2, 0) is 17.8 Å². The van der Waals surface area contributed by atoms with Gasteiger partial charge in [0.25, 0.3) is 0 Å². The zero-order valence-electron chi connectivity index (χ0n) is 19.7. The molecule has 1 N–H and O–H groups in total. The van der Waals surface area contributed by atoms with Crippen molar-refractivity contribution in [3.05, 3.63) is 78.1 Å². The Hall–Kier alpha value is -3.81. The number of para-hydroxylation sites is 1. The summed E-state index contributed by atoms with van der Waals surface area (Å²) in [7, 11) is 7.08. The Balaban J connectivity index is 1.65. The van der Waals surface area contributed by atoms with Crippen molar-refractivity contribution >= 4 is 11.9 Å². The summed E-state index contributed by atoms with van der Waals surface area (Å²) < 4.78 is 7.07. The van der Waals surface area contributed by atoms with Gasteiger partial charge in [0.1, 0.15) is 12.3 Å². The Morgan fingerprint density at radius 2 is 1.79 bits per heavy atom. The number of likely N-dealkylation sites (N-methyl/N-ethyl adjacent to an activating group) is 1. The first kappa shape index (κ1) is 23.8. The van der Waals surface area contributed by atoms with Gasteiger partial charge < -0.3 is 19.9 Å². The highest BCUT2D eigenvalue weighted by atomic mass is 16.5. The maximum absolute atomic E-state index is 12.1. The minimum Gasteiger partial charge on any atom is -0.497 e. The van der Waals surface area contributed by atoms with Crippen LogP contribution in [0.1, 0.15) is 11.1 Å². The molecule has 0 unspecified atom stereocenters. The van der Waals surface area contributed by atoms with E-state index in [1.807, 2.05) is 71.5 Å². The molecule has 1 aromatic heterocycles. The van der Waals surface area contributed by atoms with E-state index in [0.29, 0.717) is 19.0 Å². The highest BCUT2D eigenvalue weighted by Crippen LogP contribution is 2.12. The lowest BCUT2D eigenvalue weighted by molar-refractivity contribution is -0.127. The van der Waals surface area contributed by atoms with Gasteiger partial charge >= 0.3 is 0 Å². The molecular formula is C25H32N6O2. The van der Waals surface area contributed by atoms with E-state index < -0.39 is 0 Å². The Morgan fingerprint density at radius 1 is 1.06 bits per heavy atom. The van der Waals surface area contributed by atoms with Crippen molar-refractivity contribution in [2.75, 3.05) is 41.3 Å². The van der Waals surface area contributed by atoms with E-state index in [4.69, 9.17) is 4.74 Å². The van der Waals surface area contributed by atoms with Crippen LogP contribution in [-0.4, -0.2) is 72.8 Å². The highest BCUT2D eigenvalue weighted by molar-refractivity contribution is 5.84. The largest absolute Gasteiger partial charge is 0.497 e. The number of aliphatic imine (C=N–C) groups is 1. The van der Waals surface area contributed by atoms with Gasteiger partial charge in [-0.3, -0.25) is 4.79 Å². The van der Waals surface area contributed by atoms with E-state index in [0.717, 1.165) is 23.4 Å². The van der Waals surface area contributed by atoms with Crippen LogP contribution in [0.4, 0.5) is 0 Å². The van der Waals surface area contributed by atoms with Crippen LogP contribution in [0.5, 0.6) is 5.75 Å². The van der Waals surface area contributed by atoms with Gasteiger partial charge in [-0.1, -0.05) is 30.3 Å². The maximum Gasteiger partial charge on any atom is 0.243 e. The van der Waals surface area contributed by atoms with Crippen molar-refractivity contribution in [3.63, 3.8) is 0 Å². The third kappa shape index (κ3) is 7.10. The van der Waals surface area contributed by atoms with E-state index >= 15 is 0 Å². The Bertz CT molecular complexity index is 1040. The molecule has 0 aliphatic heterocycles. The van der Waals surface area contributed by atoms with E-state index in [1.165, 1.54) is 5.56 Å². The lowest BCUT2D eigenvalue weighted by Crippen LogP contribution is -2.40. The van der Waals surface area contributed by atoms with E-state index in [-0.39, 0.29) is 12.5 Å². The quantitative estimate of drug-likeness (QED) is 0.402. The van der Waals surface area contributed by atoms with Crippen LogP contribution in [0.2, 0.25) is 0 Å². The van der Waals surface area contributed by atoms with Gasteiger partial charge in [-0.05, 0) is 36.2 Å². The molecule has 1 amide bonds. The Kier molecular flexibility index (Phi) is 8.46. The number of ether oxygens (including phenoxy) is 1. The third-order valence-corrected chi connectivity index (χ3v) is 5.16. The Morgan fingerprint density at radius 3 is 2.45 bits per heavy atom. The second-order valence-corrected chi connectivity index (χ2v) is 7.94. The predicted molar refractivity (Wildman–Crippen MR) is 131 cm³/mol. The number of aromatic nitrogens is 2. The van der Waals surface area contributed by atoms with Crippen molar-refractivity contribution in [3.8, 4) is 11.4 Å². The first-order chi connectivity index (χ1) is 16.0. The Labute approximate surface area is 195 Å². The van der Waals surface area contributed by atoms with Crippen molar-refractivity contribution in [1.82, 2.24) is 24.9 Å². The number of nitrogens with zero attached hydrogens (tertiary/aromatic N) is 5. The molecule has 2 aromatic carbocycles. The van der Waals surface area contributed by atoms with Gasteiger partial charge in [-0.25, -0.2) is 9.67 Å². The van der Waals surface area contributed by atoms with E-state index in [1.54, 1.807) is 26.1 Å². The molecule has 0 aliphatic rings. The summed E-state index contributed by atoms with van der Waals surface area (Å²) >= 11 is 0. The molecule has 0 bridgehead atoms. The predicted octanol–water partition coefficient (Wildman–Crippen LogP) is 2.59.